The molecule has 1 N–H and O–H groups in total. The van der Waals surface area contributed by atoms with Crippen LogP contribution < -0.4 is 4.72 Å². The van der Waals surface area contributed by atoms with Crippen molar-refractivity contribution in [1.29, 1.82) is 0 Å². The van der Waals surface area contributed by atoms with Gasteiger partial charge in [0.05, 0.1) is 5.69 Å². The van der Waals surface area contributed by atoms with Crippen LogP contribution in [0.2, 0.25) is 0 Å². The molecule has 1 aromatic rings. The number of rotatable bonds is 3. The minimum atomic E-state index is -3.63. The number of aryl methyl sites for hydroxylation is 1. The topological polar surface area (TPSA) is 59.1 Å². The minimum Gasteiger partial charge on any atom is -0.237 e. The molecule has 0 saturated heterocycles. The Labute approximate surface area is 117 Å². The molecule has 3 saturated carbocycles. The SMILES string of the molecule is Cc1nc(S(=O)(=O)NC2CC3(C2)CC32CC2)ccc1F. The van der Waals surface area contributed by atoms with Crippen molar-refractivity contribution in [2.24, 2.45) is 10.8 Å². The molecule has 3 aliphatic rings. The van der Waals surface area contributed by atoms with Gasteiger partial charge in [-0.15, -0.1) is 0 Å². The molecule has 108 valence electrons. The molecule has 6 heteroatoms. The van der Waals surface area contributed by atoms with E-state index in [1.807, 2.05) is 0 Å². The first-order valence-electron chi connectivity index (χ1n) is 7.01. The first-order chi connectivity index (χ1) is 9.36. The van der Waals surface area contributed by atoms with Gasteiger partial charge < -0.3 is 0 Å². The molecule has 0 amide bonds. The number of hydrogen-bond acceptors (Lipinski definition) is 3. The number of fused-ring (bicyclic) bond motifs is 1. The van der Waals surface area contributed by atoms with Crippen LogP contribution in [0.15, 0.2) is 17.2 Å². The molecule has 4 rings (SSSR count). The highest BCUT2D eigenvalue weighted by molar-refractivity contribution is 7.89. The summed E-state index contributed by atoms with van der Waals surface area (Å²) in [6, 6.07) is 2.39. The molecular weight excluding hydrogens is 279 g/mol. The standard InChI is InChI=1S/C14H17FN2O2S/c1-9-11(15)2-3-12(16-9)20(18,19)17-10-6-14(7-10)8-13(14)4-5-13/h2-3,10,17H,4-8H2,1H3. The Morgan fingerprint density at radius 2 is 2.00 bits per heavy atom. The average molecular weight is 296 g/mol. The molecule has 1 heterocycles. The smallest absolute Gasteiger partial charge is 0.237 e. The van der Waals surface area contributed by atoms with Crippen LogP contribution in [0.25, 0.3) is 0 Å². The van der Waals surface area contributed by atoms with Gasteiger partial charge in [0, 0.05) is 6.04 Å². The van der Waals surface area contributed by atoms with Crippen LogP contribution >= 0.6 is 0 Å². The molecule has 0 atom stereocenters. The molecule has 3 aliphatic carbocycles. The Hall–Kier alpha value is -1.01. The summed E-state index contributed by atoms with van der Waals surface area (Å²) in [5.74, 6) is -0.486. The zero-order valence-corrected chi connectivity index (χ0v) is 12.1. The molecule has 0 bridgehead atoms. The van der Waals surface area contributed by atoms with Gasteiger partial charge in [0.25, 0.3) is 10.0 Å². The fraction of sp³-hybridized carbons (Fsp3) is 0.643. The van der Waals surface area contributed by atoms with Crippen molar-refractivity contribution >= 4 is 10.0 Å². The van der Waals surface area contributed by atoms with Crippen LogP contribution in [-0.2, 0) is 10.0 Å². The van der Waals surface area contributed by atoms with Gasteiger partial charge in [-0.05, 0) is 62.0 Å². The van der Waals surface area contributed by atoms with Crippen molar-refractivity contribution < 1.29 is 12.8 Å². The summed E-state index contributed by atoms with van der Waals surface area (Å²) in [6.45, 7) is 1.47. The number of sulfonamides is 1. The van der Waals surface area contributed by atoms with E-state index < -0.39 is 15.8 Å². The molecule has 0 aliphatic heterocycles. The number of nitrogens with one attached hydrogen (secondary N) is 1. The van der Waals surface area contributed by atoms with Gasteiger partial charge in [-0.3, -0.25) is 0 Å². The number of aromatic nitrogens is 1. The summed E-state index contributed by atoms with van der Waals surface area (Å²) in [5, 5.41) is -0.0886. The van der Waals surface area contributed by atoms with Crippen molar-refractivity contribution in [3.05, 3.63) is 23.6 Å². The summed E-state index contributed by atoms with van der Waals surface area (Å²) in [6.07, 6.45) is 5.83. The van der Waals surface area contributed by atoms with Gasteiger partial charge in [0.1, 0.15) is 5.82 Å². The average Bonchev–Trinajstić information content (AvgIpc) is 3.22. The van der Waals surface area contributed by atoms with Gasteiger partial charge >= 0.3 is 0 Å². The normalized spacial score (nSPS) is 33.2. The summed E-state index contributed by atoms with van der Waals surface area (Å²) in [7, 11) is -3.63. The summed E-state index contributed by atoms with van der Waals surface area (Å²) in [5.41, 5.74) is 1.16. The summed E-state index contributed by atoms with van der Waals surface area (Å²) < 4.78 is 40.3. The lowest BCUT2D eigenvalue weighted by atomic mass is 9.75. The second-order valence-electron chi connectivity index (χ2n) is 6.68. The van der Waals surface area contributed by atoms with Crippen LogP contribution in [0.1, 0.15) is 37.8 Å². The fourth-order valence-corrected chi connectivity index (χ4v) is 5.19. The van der Waals surface area contributed by atoms with E-state index in [-0.39, 0.29) is 16.8 Å². The van der Waals surface area contributed by atoms with E-state index in [0.29, 0.717) is 10.8 Å². The number of hydrogen-bond donors (Lipinski definition) is 1. The van der Waals surface area contributed by atoms with Crippen molar-refractivity contribution in [2.75, 3.05) is 0 Å². The highest BCUT2D eigenvalue weighted by atomic mass is 32.2. The monoisotopic (exact) mass is 296 g/mol. The quantitative estimate of drug-likeness (QED) is 0.929. The first kappa shape index (κ1) is 12.7. The third-order valence-corrected chi connectivity index (χ3v) is 6.82. The maximum atomic E-state index is 13.2. The number of pyridine rings is 1. The molecular formula is C14H17FN2O2S. The third-order valence-electron chi connectivity index (χ3n) is 5.40. The Bertz CT molecular complexity index is 691. The van der Waals surface area contributed by atoms with E-state index >= 15 is 0 Å². The van der Waals surface area contributed by atoms with E-state index in [9.17, 15) is 12.8 Å². The lowest BCUT2D eigenvalue weighted by Crippen LogP contribution is -2.46. The lowest BCUT2D eigenvalue weighted by molar-refractivity contribution is 0.194. The van der Waals surface area contributed by atoms with Gasteiger partial charge in [0.15, 0.2) is 5.03 Å². The zero-order valence-electron chi connectivity index (χ0n) is 11.3. The predicted molar refractivity (Wildman–Crippen MR) is 71.0 cm³/mol. The lowest BCUT2D eigenvalue weighted by Gasteiger charge is -2.37. The predicted octanol–water partition coefficient (Wildman–Crippen LogP) is 2.14. The van der Waals surface area contributed by atoms with Crippen LogP contribution in [0, 0.1) is 23.6 Å². The van der Waals surface area contributed by atoms with E-state index in [0.717, 1.165) is 18.9 Å². The highest BCUT2D eigenvalue weighted by Crippen LogP contribution is 2.85. The first-order valence-corrected chi connectivity index (χ1v) is 8.50. The molecule has 4 nitrogen and oxygen atoms in total. The van der Waals surface area contributed by atoms with Crippen LogP contribution in [-0.4, -0.2) is 19.4 Å². The Morgan fingerprint density at radius 1 is 1.30 bits per heavy atom. The van der Waals surface area contributed by atoms with E-state index in [4.69, 9.17) is 0 Å². The second kappa shape index (κ2) is 3.60. The highest BCUT2D eigenvalue weighted by Gasteiger charge is 2.77. The maximum Gasteiger partial charge on any atom is 0.258 e. The second-order valence-corrected chi connectivity index (χ2v) is 8.34. The van der Waals surface area contributed by atoms with Crippen LogP contribution in [0.4, 0.5) is 4.39 Å². The molecule has 2 spiro atoms. The third kappa shape index (κ3) is 1.67. The summed E-state index contributed by atoms with van der Waals surface area (Å²) >= 11 is 0. The van der Waals surface area contributed by atoms with E-state index in [1.54, 1.807) is 0 Å². The summed E-state index contributed by atoms with van der Waals surface area (Å²) in [4.78, 5) is 3.82. The molecule has 20 heavy (non-hydrogen) atoms. The molecule has 0 unspecified atom stereocenters. The van der Waals surface area contributed by atoms with Crippen LogP contribution in [0.5, 0.6) is 0 Å². The van der Waals surface area contributed by atoms with Gasteiger partial charge in [-0.2, -0.15) is 0 Å². The Kier molecular flexibility index (Phi) is 2.29. The largest absolute Gasteiger partial charge is 0.258 e. The van der Waals surface area contributed by atoms with Crippen LogP contribution in [0.3, 0.4) is 0 Å². The van der Waals surface area contributed by atoms with Gasteiger partial charge in [-0.25, -0.2) is 22.5 Å². The minimum absolute atomic E-state index is 0.0205. The van der Waals surface area contributed by atoms with E-state index in [1.165, 1.54) is 32.3 Å². The number of halogens is 1. The Morgan fingerprint density at radius 3 is 2.55 bits per heavy atom. The zero-order chi connectivity index (χ0) is 14.2. The molecule has 0 radical (unpaired) electrons. The van der Waals surface area contributed by atoms with Gasteiger partial charge in [0.2, 0.25) is 0 Å². The van der Waals surface area contributed by atoms with Crippen molar-refractivity contribution in [1.82, 2.24) is 9.71 Å². The van der Waals surface area contributed by atoms with Crippen molar-refractivity contribution in [2.45, 2.75) is 50.1 Å². The van der Waals surface area contributed by atoms with Crippen molar-refractivity contribution in [3.8, 4) is 0 Å². The fourth-order valence-electron chi connectivity index (χ4n) is 3.96. The molecule has 3 fully saturated rings. The molecule has 1 aromatic heterocycles. The van der Waals surface area contributed by atoms with Crippen molar-refractivity contribution in [3.63, 3.8) is 0 Å². The molecule has 0 aromatic carbocycles. The van der Waals surface area contributed by atoms with E-state index in [2.05, 4.69) is 9.71 Å². The van der Waals surface area contributed by atoms with Gasteiger partial charge in [-0.1, -0.05) is 0 Å². The maximum absolute atomic E-state index is 13.2. The number of nitrogens with zero attached hydrogens (tertiary/aromatic N) is 1. The Balaban J connectivity index is 1.46.